The molecule has 104 valence electrons. The van der Waals surface area contributed by atoms with Gasteiger partial charge in [0, 0.05) is 0 Å². The van der Waals surface area contributed by atoms with Gasteiger partial charge in [0.15, 0.2) is 0 Å². The third-order valence-corrected chi connectivity index (χ3v) is 3.89. The molecular formula is C15H22N2O2. The zero-order valence-electron chi connectivity index (χ0n) is 11.9. The van der Waals surface area contributed by atoms with Crippen molar-refractivity contribution in [2.45, 2.75) is 38.6 Å². The van der Waals surface area contributed by atoms with Crippen LogP contribution in [0, 0.1) is 6.92 Å². The SMILES string of the molecule is CCC1(C(=O)Nc2ccc(C)cc2OC)CCCN1. The summed E-state index contributed by atoms with van der Waals surface area (Å²) >= 11 is 0. The highest BCUT2D eigenvalue weighted by molar-refractivity contribution is 5.99. The molecule has 1 aromatic rings. The molecule has 0 aromatic heterocycles. The number of carbonyl (C=O) groups is 1. The van der Waals surface area contributed by atoms with Crippen molar-refractivity contribution in [3.05, 3.63) is 23.8 Å². The topological polar surface area (TPSA) is 50.4 Å². The number of carbonyl (C=O) groups excluding carboxylic acids is 1. The Bertz CT molecular complexity index is 465. The quantitative estimate of drug-likeness (QED) is 0.876. The molecule has 4 heteroatoms. The lowest BCUT2D eigenvalue weighted by molar-refractivity contribution is -0.122. The molecule has 0 spiro atoms. The number of ether oxygens (including phenoxy) is 1. The molecule has 1 heterocycles. The van der Waals surface area contributed by atoms with E-state index in [1.165, 1.54) is 0 Å². The largest absolute Gasteiger partial charge is 0.495 e. The summed E-state index contributed by atoms with van der Waals surface area (Å²) in [7, 11) is 1.62. The number of anilines is 1. The van der Waals surface area contributed by atoms with Crippen LogP contribution in [-0.4, -0.2) is 25.1 Å². The van der Waals surface area contributed by atoms with E-state index < -0.39 is 5.54 Å². The molecule has 0 aliphatic carbocycles. The van der Waals surface area contributed by atoms with E-state index in [1.807, 2.05) is 32.0 Å². The standard InChI is InChI=1S/C15H22N2O2/c1-4-15(8-5-9-16-15)14(18)17-12-7-6-11(2)10-13(12)19-3/h6-7,10,16H,4-5,8-9H2,1-3H3,(H,17,18). The van der Waals surface area contributed by atoms with E-state index in [2.05, 4.69) is 10.6 Å². The first-order valence-electron chi connectivity index (χ1n) is 6.82. The van der Waals surface area contributed by atoms with E-state index >= 15 is 0 Å². The lowest BCUT2D eigenvalue weighted by atomic mass is 9.93. The maximum absolute atomic E-state index is 12.5. The number of hydrogen-bond donors (Lipinski definition) is 2. The lowest BCUT2D eigenvalue weighted by Crippen LogP contribution is -2.50. The Balaban J connectivity index is 2.19. The molecule has 1 aliphatic rings. The normalized spacial score (nSPS) is 22.3. The Hall–Kier alpha value is -1.55. The first kappa shape index (κ1) is 13.9. The van der Waals surface area contributed by atoms with Gasteiger partial charge in [-0.05, 0) is 50.4 Å². The van der Waals surface area contributed by atoms with Gasteiger partial charge < -0.3 is 15.4 Å². The Morgan fingerprint density at radius 2 is 2.32 bits per heavy atom. The molecule has 0 saturated carbocycles. The monoisotopic (exact) mass is 262 g/mol. The fourth-order valence-corrected chi connectivity index (χ4v) is 2.61. The molecule has 1 aromatic carbocycles. The predicted octanol–water partition coefficient (Wildman–Crippen LogP) is 2.47. The Kier molecular flexibility index (Phi) is 4.10. The highest BCUT2D eigenvalue weighted by atomic mass is 16.5. The van der Waals surface area contributed by atoms with E-state index in [-0.39, 0.29) is 5.91 Å². The molecule has 1 unspecified atom stereocenters. The third-order valence-electron chi connectivity index (χ3n) is 3.89. The molecule has 19 heavy (non-hydrogen) atoms. The van der Waals surface area contributed by atoms with Crippen molar-refractivity contribution >= 4 is 11.6 Å². The zero-order chi connectivity index (χ0) is 13.9. The molecule has 2 rings (SSSR count). The predicted molar refractivity (Wildman–Crippen MR) is 76.6 cm³/mol. The molecular weight excluding hydrogens is 240 g/mol. The van der Waals surface area contributed by atoms with Crippen molar-refractivity contribution in [1.29, 1.82) is 0 Å². The van der Waals surface area contributed by atoms with Gasteiger partial charge in [-0.3, -0.25) is 4.79 Å². The zero-order valence-corrected chi connectivity index (χ0v) is 11.9. The number of rotatable bonds is 4. The number of nitrogens with one attached hydrogen (secondary N) is 2. The number of hydrogen-bond acceptors (Lipinski definition) is 3. The number of methoxy groups -OCH3 is 1. The average Bonchev–Trinajstić information content (AvgIpc) is 2.90. The first-order valence-corrected chi connectivity index (χ1v) is 6.82. The van der Waals surface area contributed by atoms with E-state index in [0.717, 1.165) is 37.1 Å². The summed E-state index contributed by atoms with van der Waals surface area (Å²) < 4.78 is 5.32. The summed E-state index contributed by atoms with van der Waals surface area (Å²) in [6.07, 6.45) is 2.74. The maximum atomic E-state index is 12.5. The van der Waals surface area contributed by atoms with Gasteiger partial charge in [0.1, 0.15) is 5.75 Å². The Morgan fingerprint density at radius 3 is 2.89 bits per heavy atom. The van der Waals surface area contributed by atoms with E-state index in [9.17, 15) is 4.79 Å². The minimum atomic E-state index is -0.421. The third kappa shape index (κ3) is 2.73. The van der Waals surface area contributed by atoms with Crippen molar-refractivity contribution < 1.29 is 9.53 Å². The maximum Gasteiger partial charge on any atom is 0.244 e. The summed E-state index contributed by atoms with van der Waals surface area (Å²) in [5, 5.41) is 6.33. The molecule has 1 atom stereocenters. The minimum Gasteiger partial charge on any atom is -0.495 e. The van der Waals surface area contributed by atoms with Gasteiger partial charge in [0.25, 0.3) is 0 Å². The van der Waals surface area contributed by atoms with Crippen molar-refractivity contribution in [2.24, 2.45) is 0 Å². The van der Waals surface area contributed by atoms with Gasteiger partial charge in [-0.15, -0.1) is 0 Å². The summed E-state index contributed by atoms with van der Waals surface area (Å²) in [4.78, 5) is 12.5. The fourth-order valence-electron chi connectivity index (χ4n) is 2.61. The molecule has 0 bridgehead atoms. The molecule has 1 amide bonds. The van der Waals surface area contributed by atoms with Gasteiger partial charge in [-0.2, -0.15) is 0 Å². The number of aryl methyl sites for hydroxylation is 1. The lowest BCUT2D eigenvalue weighted by Gasteiger charge is -2.27. The van der Waals surface area contributed by atoms with Gasteiger partial charge in [-0.1, -0.05) is 13.0 Å². The van der Waals surface area contributed by atoms with E-state index in [0.29, 0.717) is 5.75 Å². The number of amides is 1. The highest BCUT2D eigenvalue weighted by Gasteiger charge is 2.39. The second-order valence-electron chi connectivity index (χ2n) is 5.12. The van der Waals surface area contributed by atoms with Crippen LogP contribution in [0.15, 0.2) is 18.2 Å². The summed E-state index contributed by atoms with van der Waals surface area (Å²) in [6.45, 7) is 4.96. The van der Waals surface area contributed by atoms with Gasteiger partial charge in [-0.25, -0.2) is 0 Å². The Morgan fingerprint density at radius 1 is 1.53 bits per heavy atom. The fraction of sp³-hybridized carbons (Fsp3) is 0.533. The van der Waals surface area contributed by atoms with Crippen LogP contribution in [-0.2, 0) is 4.79 Å². The molecule has 1 aliphatic heterocycles. The van der Waals surface area contributed by atoms with Crippen LogP contribution >= 0.6 is 0 Å². The van der Waals surface area contributed by atoms with E-state index in [4.69, 9.17) is 4.74 Å². The van der Waals surface area contributed by atoms with Crippen molar-refractivity contribution in [3.8, 4) is 5.75 Å². The Labute approximate surface area is 114 Å². The summed E-state index contributed by atoms with van der Waals surface area (Å²) in [5.74, 6) is 0.743. The van der Waals surface area contributed by atoms with Crippen molar-refractivity contribution in [1.82, 2.24) is 5.32 Å². The molecule has 0 radical (unpaired) electrons. The second kappa shape index (κ2) is 5.61. The van der Waals surface area contributed by atoms with Crippen LogP contribution in [0.1, 0.15) is 31.7 Å². The van der Waals surface area contributed by atoms with Crippen LogP contribution < -0.4 is 15.4 Å². The van der Waals surface area contributed by atoms with Crippen LogP contribution in [0.3, 0.4) is 0 Å². The molecule has 1 saturated heterocycles. The van der Waals surface area contributed by atoms with Crippen LogP contribution in [0.25, 0.3) is 0 Å². The molecule has 1 fully saturated rings. The smallest absolute Gasteiger partial charge is 0.244 e. The van der Waals surface area contributed by atoms with Gasteiger partial charge >= 0.3 is 0 Å². The van der Waals surface area contributed by atoms with Crippen molar-refractivity contribution in [2.75, 3.05) is 19.0 Å². The van der Waals surface area contributed by atoms with E-state index in [1.54, 1.807) is 7.11 Å². The summed E-state index contributed by atoms with van der Waals surface area (Å²) in [6, 6.07) is 5.79. The number of benzene rings is 1. The van der Waals surface area contributed by atoms with Crippen LogP contribution in [0.4, 0.5) is 5.69 Å². The first-order chi connectivity index (χ1) is 9.11. The molecule has 2 N–H and O–H groups in total. The molecule has 4 nitrogen and oxygen atoms in total. The minimum absolute atomic E-state index is 0.0367. The summed E-state index contributed by atoms with van der Waals surface area (Å²) in [5.41, 5.74) is 1.43. The van der Waals surface area contributed by atoms with Crippen LogP contribution in [0.2, 0.25) is 0 Å². The van der Waals surface area contributed by atoms with Crippen LogP contribution in [0.5, 0.6) is 5.75 Å². The highest BCUT2D eigenvalue weighted by Crippen LogP contribution is 2.29. The van der Waals surface area contributed by atoms with Gasteiger partial charge in [0.2, 0.25) is 5.91 Å². The second-order valence-corrected chi connectivity index (χ2v) is 5.12. The van der Waals surface area contributed by atoms with Gasteiger partial charge in [0.05, 0.1) is 18.3 Å². The van der Waals surface area contributed by atoms with Crippen molar-refractivity contribution in [3.63, 3.8) is 0 Å². The average molecular weight is 262 g/mol.